The Balaban J connectivity index is 0.000000140. The summed E-state index contributed by atoms with van der Waals surface area (Å²) >= 11 is 0. The second-order valence-corrected chi connectivity index (χ2v) is 48.0. The zero-order chi connectivity index (χ0) is 96.5. The summed E-state index contributed by atoms with van der Waals surface area (Å²) in [6, 6.07) is 0. The molecule has 23 aliphatic carbocycles. The number of hydrogen-bond acceptors (Lipinski definition) is 24. The normalized spacial score (nSPS) is 39.8. The van der Waals surface area contributed by atoms with Crippen molar-refractivity contribution in [2.45, 2.75) is 373 Å². The first-order valence-corrected chi connectivity index (χ1v) is 48.3. The number of carbonyl (C=O) groups is 14. The fourth-order valence-corrected chi connectivity index (χ4v) is 29.7. The van der Waals surface area contributed by atoms with Gasteiger partial charge in [-0.1, -0.05) is 34.6 Å². The molecule has 0 amide bonds. The molecule has 734 valence electrons. The van der Waals surface area contributed by atoms with Crippen molar-refractivity contribution < 1.29 is 155 Å². The maximum absolute atomic E-state index is 13.1. The van der Waals surface area contributed by atoms with Gasteiger partial charge in [-0.2, -0.15) is 0 Å². The lowest BCUT2D eigenvalue weighted by Gasteiger charge is -2.73. The van der Waals surface area contributed by atoms with E-state index in [4.69, 9.17) is 47.4 Å². The molecule has 23 aliphatic rings. The minimum absolute atomic E-state index is 0.00834. The van der Waals surface area contributed by atoms with E-state index < -0.39 is 180 Å². The predicted octanol–water partition coefficient (Wildman–Crippen LogP) is 14.7. The average molecular weight is 1850 g/mol. The molecule has 23 saturated carbocycles. The van der Waals surface area contributed by atoms with E-state index in [9.17, 15) is 108 Å². The highest BCUT2D eigenvalue weighted by Gasteiger charge is 2.76. The summed E-state index contributed by atoms with van der Waals surface area (Å²) in [6.45, 7) is 26.4. The molecule has 24 bridgehead atoms. The van der Waals surface area contributed by atoms with Crippen molar-refractivity contribution in [1.82, 2.24) is 0 Å². The van der Waals surface area contributed by atoms with Crippen LogP contribution in [0, 0.1) is 119 Å². The first kappa shape index (κ1) is 101. The van der Waals surface area contributed by atoms with E-state index in [-0.39, 0.29) is 99.4 Å². The number of ether oxygens (including phenoxy) is 10. The van der Waals surface area contributed by atoms with Gasteiger partial charge < -0.3 is 88.2 Å². The number of carbonyl (C=O) groups excluding carboxylic acids is 6. The third-order valence-electron chi connectivity index (χ3n) is 36.2. The lowest BCUT2D eigenvalue weighted by atomic mass is 9.32. The highest BCUT2D eigenvalue weighted by Crippen LogP contribution is 2.77. The molecule has 8 N–H and O–H groups in total. The summed E-state index contributed by atoms with van der Waals surface area (Å²) < 4.78 is 58.1. The van der Waals surface area contributed by atoms with Crippen molar-refractivity contribution in [3.63, 3.8) is 0 Å². The van der Waals surface area contributed by atoms with E-state index in [1.807, 2.05) is 62.3 Å². The zero-order valence-corrected chi connectivity index (χ0v) is 79.7. The van der Waals surface area contributed by atoms with Crippen molar-refractivity contribution in [2.24, 2.45) is 119 Å². The van der Waals surface area contributed by atoms with Crippen molar-refractivity contribution in [3.05, 3.63) is 0 Å². The van der Waals surface area contributed by atoms with Gasteiger partial charge in [-0.05, 0) is 301 Å². The van der Waals surface area contributed by atoms with Crippen LogP contribution in [0.2, 0.25) is 0 Å². The summed E-state index contributed by atoms with van der Waals surface area (Å²) in [6.07, 6.45) is 21.8. The van der Waals surface area contributed by atoms with Crippen LogP contribution in [0.1, 0.15) is 329 Å². The second kappa shape index (κ2) is 35.2. The van der Waals surface area contributed by atoms with Gasteiger partial charge in [-0.15, -0.1) is 0 Å². The first-order chi connectivity index (χ1) is 60.7. The van der Waals surface area contributed by atoms with Crippen molar-refractivity contribution in [3.8, 4) is 0 Å². The molecule has 6 unspecified atom stereocenters. The van der Waals surface area contributed by atoms with Crippen LogP contribution >= 0.6 is 0 Å². The van der Waals surface area contributed by atoms with Gasteiger partial charge in [0.25, 0.3) is 0 Å². The van der Waals surface area contributed by atoms with E-state index in [1.165, 1.54) is 0 Å². The molecule has 0 aromatic heterocycles. The van der Waals surface area contributed by atoms with E-state index >= 15 is 0 Å². The molecule has 23 fully saturated rings. The number of rotatable bonds is 34. The lowest BCUT2D eigenvalue weighted by molar-refractivity contribution is -0.327. The molecule has 0 saturated heterocycles. The van der Waals surface area contributed by atoms with Crippen molar-refractivity contribution in [1.29, 1.82) is 0 Å². The zero-order valence-electron chi connectivity index (χ0n) is 79.7. The van der Waals surface area contributed by atoms with Gasteiger partial charge in [0.05, 0.1) is 83.2 Å². The van der Waals surface area contributed by atoms with Gasteiger partial charge >= 0.3 is 83.6 Å². The average Bonchev–Trinajstić information content (AvgIpc) is 0.681. The number of hydrogen-bond donors (Lipinski definition) is 8. The minimum atomic E-state index is -1.19. The second-order valence-electron chi connectivity index (χ2n) is 48.0. The molecule has 32 nitrogen and oxygen atoms in total. The van der Waals surface area contributed by atoms with Crippen LogP contribution in [0.4, 0.5) is 0 Å². The standard InChI is InChI=1S/C22H32O11.C21H30O4.C19H28O6.C19H30O5.C18H26O6/c1-4-18(2,3)17(29)33-22-11-19(30-5-14(23)24)8-20(12-22,31-6-15(25)26)10-21(9-19,13-22)32-7-16(27)28;1-4-19(2,3)18(24)25-21-8-14-11-5-20(17(22)23)6-12(14)16(10-21)13(7-20)15(11)9-21;1-4-17(2,3)16(23)24-10-14(20)25-19-8-12-5-13(9-19)7-18(6-12,11-19)15(21)22;1-4-17(2,3)16(22)23-5-6-24-19-10-13-7-14(11-19)9-18(8-13,12-19)15(20)21;1-4-15(2,3)14(23)24-18-7-11-5-16(9-18,12(19)20)8-17(6-11,10-18)13(21)22/h4-13H2,1-3H3,(H,23,24)(H,25,26)(H,27,28);11-16H,4-10H2,1-3H3,(H,22,23);12-13H,4-11H2,1-3H3,(H,21,22);13-14H,4-12H2,1-3H3,(H,20,21);11H,4-10H2,1-3H3,(H,19,20)(H,21,22). The summed E-state index contributed by atoms with van der Waals surface area (Å²) in [4.78, 5) is 168. The van der Waals surface area contributed by atoms with E-state index in [0.717, 1.165) is 103 Å². The molecule has 131 heavy (non-hydrogen) atoms. The molecule has 32 heteroatoms. The molecule has 0 aromatic rings. The van der Waals surface area contributed by atoms with Crippen LogP contribution in [0.5, 0.6) is 0 Å². The number of aliphatic carboxylic acids is 8. The summed E-state index contributed by atoms with van der Waals surface area (Å²) in [5.74, 6) is -4.41. The molecule has 0 spiro atoms. The van der Waals surface area contributed by atoms with E-state index in [0.29, 0.717) is 130 Å². The molecular formula is C99H146O32. The Bertz CT molecular complexity index is 4270. The molecular weight excluding hydrogens is 1700 g/mol. The van der Waals surface area contributed by atoms with Gasteiger partial charge in [0.15, 0.2) is 6.61 Å². The maximum Gasteiger partial charge on any atom is 0.344 e. The first-order valence-electron chi connectivity index (χ1n) is 48.3. The Morgan fingerprint density at radius 1 is 0.244 bits per heavy atom. The van der Waals surface area contributed by atoms with Crippen LogP contribution in [0.3, 0.4) is 0 Å². The van der Waals surface area contributed by atoms with Crippen LogP contribution in [0.25, 0.3) is 0 Å². The van der Waals surface area contributed by atoms with Gasteiger partial charge in [-0.25, -0.2) is 19.2 Å². The predicted molar refractivity (Wildman–Crippen MR) is 462 cm³/mol. The van der Waals surface area contributed by atoms with Crippen LogP contribution < -0.4 is 0 Å². The monoisotopic (exact) mass is 1850 g/mol. The van der Waals surface area contributed by atoms with Gasteiger partial charge in [0, 0.05) is 57.8 Å². The largest absolute Gasteiger partial charge is 0.481 e. The van der Waals surface area contributed by atoms with Crippen LogP contribution in [-0.4, -0.2) is 209 Å². The molecule has 0 radical (unpaired) electrons. The summed E-state index contributed by atoms with van der Waals surface area (Å²) in [5.41, 5.74) is -13.6. The fraction of sp³-hybridized carbons (Fsp3) is 0.859. The fourth-order valence-electron chi connectivity index (χ4n) is 29.7. The number of esters is 6. The molecule has 0 aliphatic heterocycles. The Labute approximate surface area is 767 Å². The highest BCUT2D eigenvalue weighted by atomic mass is 16.6. The maximum atomic E-state index is 13.1. The Kier molecular flexibility index (Phi) is 27.1. The Hall–Kier alpha value is -7.58. The SMILES string of the molecule is CCC(C)(C)C(=O)OC12CC3(OCC(=O)O)CC(OCC(=O)O)(CC(OCC(=O)O)(C3)C1)C2.CCC(C)(C)C(=O)OC12CC3C4CC5(C(=O)O)CC3C(C1)C(C5)C4C2.CCC(C)(C)C(=O)OC12CC3CC(C(=O)O)(C1)CC(C(=O)O)(C3)C2.CCC(C)(C)C(=O)OCC(=O)OC12CC3CC(C1)CC(C(=O)O)(C3)C2.CCC(C)(C)C(=O)OCCOC12CC3CC(C1)CC(C(=O)O)(C3)C2. The smallest absolute Gasteiger partial charge is 0.344 e. The quantitative estimate of drug-likeness (QED) is 0.0168. The minimum Gasteiger partial charge on any atom is -0.481 e. The van der Waals surface area contributed by atoms with E-state index in [1.54, 1.807) is 41.5 Å². The number of carboxylic acid groups (broad SMARTS) is 8. The summed E-state index contributed by atoms with van der Waals surface area (Å²) in [7, 11) is 0. The van der Waals surface area contributed by atoms with Gasteiger partial charge in [0.1, 0.15) is 48.8 Å². The van der Waals surface area contributed by atoms with Gasteiger partial charge in [-0.3, -0.25) is 47.9 Å². The molecule has 6 atom stereocenters. The lowest BCUT2D eigenvalue weighted by Crippen LogP contribution is -2.74. The Morgan fingerprint density at radius 2 is 0.527 bits per heavy atom. The van der Waals surface area contributed by atoms with Crippen LogP contribution in [-0.2, 0) is 114 Å². The van der Waals surface area contributed by atoms with Crippen molar-refractivity contribution in [2.75, 3.05) is 39.6 Å². The highest BCUT2D eigenvalue weighted by molar-refractivity contribution is 5.84. The molecule has 23 rings (SSSR count). The molecule has 0 heterocycles. The molecule has 0 aromatic carbocycles. The van der Waals surface area contributed by atoms with Crippen molar-refractivity contribution >= 4 is 83.6 Å². The van der Waals surface area contributed by atoms with Crippen LogP contribution in [0.15, 0.2) is 0 Å². The third-order valence-corrected chi connectivity index (χ3v) is 36.2. The third kappa shape index (κ3) is 19.5. The van der Waals surface area contributed by atoms with E-state index in [2.05, 4.69) is 0 Å². The topological polar surface area (TPSA) is 493 Å². The number of carboxylic acids is 8. The Morgan fingerprint density at radius 3 is 0.870 bits per heavy atom. The summed E-state index contributed by atoms with van der Waals surface area (Å²) in [5, 5.41) is 76.5. The van der Waals surface area contributed by atoms with Gasteiger partial charge in [0.2, 0.25) is 0 Å².